The van der Waals surface area contributed by atoms with E-state index in [1.54, 1.807) is 13.2 Å². The highest BCUT2D eigenvalue weighted by Gasteiger charge is 2.31. The first-order chi connectivity index (χ1) is 9.99. The Bertz CT molecular complexity index is 459. The van der Waals surface area contributed by atoms with Crippen molar-refractivity contribution in [3.05, 3.63) is 29.3 Å². The van der Waals surface area contributed by atoms with Crippen molar-refractivity contribution in [3.8, 4) is 5.75 Å². The lowest BCUT2D eigenvalue weighted by atomic mass is 10.1. The third-order valence-electron chi connectivity index (χ3n) is 3.23. The van der Waals surface area contributed by atoms with Crippen molar-refractivity contribution in [3.63, 3.8) is 0 Å². The van der Waals surface area contributed by atoms with Crippen LogP contribution in [0, 0.1) is 0 Å². The van der Waals surface area contributed by atoms with E-state index in [0.29, 0.717) is 37.8 Å². The summed E-state index contributed by atoms with van der Waals surface area (Å²) in [5, 5.41) is 3.21. The van der Waals surface area contributed by atoms with Crippen LogP contribution in [0.1, 0.15) is 30.4 Å². The van der Waals surface area contributed by atoms with E-state index in [4.69, 9.17) is 9.47 Å². The third-order valence-corrected chi connectivity index (χ3v) is 3.23. The summed E-state index contributed by atoms with van der Waals surface area (Å²) in [4.78, 5) is 0. The van der Waals surface area contributed by atoms with Crippen LogP contribution in [0.15, 0.2) is 18.2 Å². The Hall–Kier alpha value is -1.27. The fourth-order valence-electron chi connectivity index (χ4n) is 1.95. The van der Waals surface area contributed by atoms with Gasteiger partial charge in [0, 0.05) is 32.7 Å². The Morgan fingerprint density at radius 2 is 1.95 bits per heavy atom. The summed E-state index contributed by atoms with van der Waals surface area (Å²) in [5.74, 6) is 0.258. The molecule has 0 atom stereocenters. The van der Waals surface area contributed by atoms with Gasteiger partial charge in [-0.1, -0.05) is 0 Å². The average molecular weight is 303 g/mol. The lowest BCUT2D eigenvalue weighted by molar-refractivity contribution is -0.137. The Balaban J connectivity index is 2.03. The molecular weight excluding hydrogens is 283 g/mol. The molecule has 0 radical (unpaired) electrons. The SMILES string of the molecule is COCCCOc1cc(CNC2CC2)cc(C(F)(F)F)c1. The van der Waals surface area contributed by atoms with E-state index in [1.165, 1.54) is 6.07 Å². The van der Waals surface area contributed by atoms with E-state index < -0.39 is 11.7 Å². The van der Waals surface area contributed by atoms with Crippen LogP contribution >= 0.6 is 0 Å². The number of ether oxygens (including phenoxy) is 2. The number of hydrogen-bond acceptors (Lipinski definition) is 3. The molecule has 1 N–H and O–H groups in total. The van der Waals surface area contributed by atoms with E-state index in [2.05, 4.69) is 5.32 Å². The summed E-state index contributed by atoms with van der Waals surface area (Å²) in [6.45, 7) is 1.29. The molecule has 0 spiro atoms. The average Bonchev–Trinajstić information content (AvgIpc) is 3.24. The number of halogens is 3. The number of nitrogens with one attached hydrogen (secondary N) is 1. The molecule has 1 fully saturated rings. The molecule has 1 saturated carbocycles. The van der Waals surface area contributed by atoms with Crippen LogP contribution in [0.2, 0.25) is 0 Å². The van der Waals surface area contributed by atoms with Crippen molar-refractivity contribution in [2.24, 2.45) is 0 Å². The predicted molar refractivity (Wildman–Crippen MR) is 73.3 cm³/mol. The molecule has 1 aromatic rings. The van der Waals surface area contributed by atoms with Crippen LogP contribution in [0.3, 0.4) is 0 Å². The summed E-state index contributed by atoms with van der Waals surface area (Å²) in [5.41, 5.74) is -0.0715. The molecule has 0 amide bonds. The van der Waals surface area contributed by atoms with Crippen molar-refractivity contribution in [2.75, 3.05) is 20.3 Å². The molecule has 0 heterocycles. The summed E-state index contributed by atoms with van der Waals surface area (Å²) in [6.07, 6.45) is -1.53. The fraction of sp³-hybridized carbons (Fsp3) is 0.600. The summed E-state index contributed by atoms with van der Waals surface area (Å²) in [6, 6.07) is 4.34. The molecule has 0 aliphatic heterocycles. The molecular formula is C15H20F3NO2. The van der Waals surface area contributed by atoms with Gasteiger partial charge in [0.25, 0.3) is 0 Å². The Kier molecular flexibility index (Phi) is 5.47. The zero-order valence-corrected chi connectivity index (χ0v) is 12.0. The number of hydrogen-bond donors (Lipinski definition) is 1. The predicted octanol–water partition coefficient (Wildman–Crippen LogP) is 3.37. The van der Waals surface area contributed by atoms with Crippen LogP contribution in [0.4, 0.5) is 13.2 Å². The second-order valence-corrected chi connectivity index (χ2v) is 5.21. The van der Waals surface area contributed by atoms with E-state index in [-0.39, 0.29) is 5.75 Å². The first-order valence-corrected chi connectivity index (χ1v) is 7.05. The number of rotatable bonds is 8. The van der Waals surface area contributed by atoms with Crippen LogP contribution in [-0.2, 0) is 17.5 Å². The Morgan fingerprint density at radius 3 is 2.57 bits per heavy atom. The Morgan fingerprint density at radius 1 is 1.19 bits per heavy atom. The molecule has 1 aromatic carbocycles. The molecule has 2 rings (SSSR count). The van der Waals surface area contributed by atoms with Crippen LogP contribution in [0.5, 0.6) is 5.75 Å². The molecule has 1 aliphatic carbocycles. The van der Waals surface area contributed by atoms with Crippen molar-refractivity contribution < 1.29 is 22.6 Å². The first kappa shape index (κ1) is 16.1. The number of benzene rings is 1. The van der Waals surface area contributed by atoms with Gasteiger partial charge in [-0.25, -0.2) is 0 Å². The summed E-state index contributed by atoms with van der Waals surface area (Å²) < 4.78 is 49.0. The van der Waals surface area contributed by atoms with Gasteiger partial charge >= 0.3 is 6.18 Å². The van der Waals surface area contributed by atoms with Gasteiger partial charge in [-0.15, -0.1) is 0 Å². The van der Waals surface area contributed by atoms with Gasteiger partial charge in [0.05, 0.1) is 12.2 Å². The van der Waals surface area contributed by atoms with Gasteiger partial charge in [0.2, 0.25) is 0 Å². The van der Waals surface area contributed by atoms with Gasteiger partial charge < -0.3 is 14.8 Å². The second kappa shape index (κ2) is 7.13. The number of alkyl halides is 3. The van der Waals surface area contributed by atoms with Crippen molar-refractivity contribution in [1.82, 2.24) is 5.32 Å². The molecule has 118 valence electrons. The van der Waals surface area contributed by atoms with Crippen molar-refractivity contribution in [2.45, 2.75) is 38.0 Å². The lowest BCUT2D eigenvalue weighted by Crippen LogP contribution is -2.16. The zero-order valence-electron chi connectivity index (χ0n) is 12.0. The third kappa shape index (κ3) is 5.55. The topological polar surface area (TPSA) is 30.5 Å². The van der Waals surface area contributed by atoms with E-state index >= 15 is 0 Å². The monoisotopic (exact) mass is 303 g/mol. The maximum Gasteiger partial charge on any atom is 0.416 e. The first-order valence-electron chi connectivity index (χ1n) is 7.05. The highest BCUT2D eigenvalue weighted by Crippen LogP contribution is 2.33. The highest BCUT2D eigenvalue weighted by atomic mass is 19.4. The molecule has 0 saturated heterocycles. The van der Waals surface area contributed by atoms with Gasteiger partial charge in [0.1, 0.15) is 5.75 Å². The van der Waals surface area contributed by atoms with E-state index in [0.717, 1.165) is 18.9 Å². The smallest absolute Gasteiger partial charge is 0.416 e. The molecule has 6 heteroatoms. The largest absolute Gasteiger partial charge is 0.493 e. The van der Waals surface area contributed by atoms with E-state index in [9.17, 15) is 13.2 Å². The summed E-state index contributed by atoms with van der Waals surface area (Å²) >= 11 is 0. The van der Waals surface area contributed by atoms with Crippen LogP contribution in [0.25, 0.3) is 0 Å². The van der Waals surface area contributed by atoms with Crippen molar-refractivity contribution >= 4 is 0 Å². The minimum Gasteiger partial charge on any atom is -0.493 e. The van der Waals surface area contributed by atoms with Crippen molar-refractivity contribution in [1.29, 1.82) is 0 Å². The molecule has 1 aliphatic rings. The van der Waals surface area contributed by atoms with Gasteiger partial charge in [0.15, 0.2) is 0 Å². The molecule has 0 aromatic heterocycles. The van der Waals surface area contributed by atoms with Gasteiger partial charge in [-0.2, -0.15) is 13.2 Å². The molecule has 21 heavy (non-hydrogen) atoms. The quantitative estimate of drug-likeness (QED) is 0.747. The minimum atomic E-state index is -4.36. The molecule has 0 bridgehead atoms. The molecule has 3 nitrogen and oxygen atoms in total. The van der Waals surface area contributed by atoms with Gasteiger partial charge in [-0.05, 0) is 36.6 Å². The normalized spacial score (nSPS) is 15.2. The maximum atomic E-state index is 12.9. The van der Waals surface area contributed by atoms with Crippen LogP contribution < -0.4 is 10.1 Å². The fourth-order valence-corrected chi connectivity index (χ4v) is 1.95. The maximum absolute atomic E-state index is 12.9. The van der Waals surface area contributed by atoms with E-state index in [1.807, 2.05) is 0 Å². The minimum absolute atomic E-state index is 0.258. The van der Waals surface area contributed by atoms with Crippen LogP contribution in [-0.4, -0.2) is 26.4 Å². The van der Waals surface area contributed by atoms with Gasteiger partial charge in [-0.3, -0.25) is 0 Å². The Labute approximate surface area is 122 Å². The standard InChI is InChI=1S/C15H20F3NO2/c1-20-5-2-6-21-14-8-11(10-19-13-3-4-13)7-12(9-14)15(16,17)18/h7-9,13,19H,2-6,10H2,1H3. The highest BCUT2D eigenvalue weighted by molar-refractivity contribution is 5.36. The second-order valence-electron chi connectivity index (χ2n) is 5.21. The number of methoxy groups -OCH3 is 1. The summed E-state index contributed by atoms with van der Waals surface area (Å²) in [7, 11) is 1.58. The zero-order chi connectivity index (χ0) is 15.3. The molecule has 0 unspecified atom stereocenters. The lowest BCUT2D eigenvalue weighted by Gasteiger charge is -2.13.